The van der Waals surface area contributed by atoms with Gasteiger partial charge in [-0.2, -0.15) is 0 Å². The predicted octanol–water partition coefficient (Wildman–Crippen LogP) is 3.71. The quantitative estimate of drug-likeness (QED) is 0.609. The summed E-state index contributed by atoms with van der Waals surface area (Å²) in [4.78, 5) is 10.9. The summed E-state index contributed by atoms with van der Waals surface area (Å²) in [6.07, 6.45) is 3.10. The van der Waals surface area contributed by atoms with Crippen LogP contribution in [0.25, 0.3) is 6.08 Å². The van der Waals surface area contributed by atoms with Gasteiger partial charge in [-0.25, -0.2) is 4.79 Å². The number of carbonyl (C=O) groups is 1. The third-order valence-corrected chi connectivity index (χ3v) is 3.42. The van der Waals surface area contributed by atoms with Gasteiger partial charge in [0.1, 0.15) is 0 Å². The van der Waals surface area contributed by atoms with Crippen LogP contribution in [0.5, 0.6) is 0 Å². The number of hydrogen-bond acceptors (Lipinski definition) is 2. The van der Waals surface area contributed by atoms with E-state index in [4.69, 9.17) is 0 Å². The number of esters is 1. The van der Waals surface area contributed by atoms with E-state index in [1.165, 1.54) is 13.2 Å². The Kier molecular flexibility index (Phi) is 4.54. The Balaban J connectivity index is 3.00. The van der Waals surface area contributed by atoms with Crippen molar-refractivity contribution in [3.8, 4) is 0 Å². The van der Waals surface area contributed by atoms with Gasteiger partial charge in [-0.05, 0) is 36.3 Å². The Hall–Kier alpha value is -0.610. The highest BCUT2D eigenvalue weighted by molar-refractivity contribution is 9.11. The molecule has 0 spiro atoms. The highest BCUT2D eigenvalue weighted by atomic mass is 79.9. The molecule has 0 atom stereocenters. The van der Waals surface area contributed by atoms with Crippen molar-refractivity contribution < 1.29 is 9.53 Å². The summed E-state index contributed by atoms with van der Waals surface area (Å²) >= 11 is 6.86. The molecule has 0 aromatic heterocycles. The number of rotatable bonds is 2. The molecule has 4 heteroatoms. The fraction of sp³-hybridized carbons (Fsp3) is 0.182. The van der Waals surface area contributed by atoms with Gasteiger partial charge in [-0.1, -0.05) is 31.9 Å². The zero-order valence-corrected chi connectivity index (χ0v) is 11.6. The van der Waals surface area contributed by atoms with Gasteiger partial charge in [0.05, 0.1) is 7.11 Å². The van der Waals surface area contributed by atoms with Crippen LogP contribution in [0.3, 0.4) is 0 Å². The average Bonchev–Trinajstić information content (AvgIpc) is 2.21. The van der Waals surface area contributed by atoms with Gasteiger partial charge in [-0.15, -0.1) is 0 Å². The first kappa shape index (κ1) is 12.5. The smallest absolute Gasteiger partial charge is 0.330 e. The molecular weight excluding hydrogens is 324 g/mol. The molecule has 0 saturated carbocycles. The molecule has 80 valence electrons. The van der Waals surface area contributed by atoms with Crippen LogP contribution in [0.2, 0.25) is 0 Å². The normalized spacial score (nSPS) is 10.7. The molecule has 0 saturated heterocycles. The summed E-state index contributed by atoms with van der Waals surface area (Å²) in [6, 6.07) is 3.93. The zero-order chi connectivity index (χ0) is 11.4. The number of aryl methyl sites for hydroxylation is 1. The number of halogens is 2. The van der Waals surface area contributed by atoms with Gasteiger partial charge in [-0.3, -0.25) is 0 Å². The Morgan fingerprint density at radius 3 is 2.60 bits per heavy atom. The molecule has 0 radical (unpaired) electrons. The Labute approximate surface area is 106 Å². The van der Waals surface area contributed by atoms with Crippen molar-refractivity contribution in [2.24, 2.45) is 0 Å². The molecule has 1 rings (SSSR count). The molecule has 0 bridgehead atoms. The van der Waals surface area contributed by atoms with E-state index in [0.29, 0.717) is 0 Å². The van der Waals surface area contributed by atoms with Crippen molar-refractivity contribution in [2.45, 2.75) is 6.92 Å². The molecule has 0 heterocycles. The molecule has 0 aliphatic heterocycles. The Bertz CT molecular complexity index is 411. The monoisotopic (exact) mass is 332 g/mol. The standard InChI is InChI=1S/C11H10Br2O2/c1-7-5-10(13)8(6-9(7)12)3-4-11(14)15-2/h3-6H,1-2H3/b4-3+. The summed E-state index contributed by atoms with van der Waals surface area (Å²) in [6.45, 7) is 2.00. The van der Waals surface area contributed by atoms with Crippen LogP contribution in [0.15, 0.2) is 27.2 Å². The Morgan fingerprint density at radius 1 is 1.33 bits per heavy atom. The molecule has 1 aromatic carbocycles. The van der Waals surface area contributed by atoms with Crippen LogP contribution in [-0.4, -0.2) is 13.1 Å². The fourth-order valence-corrected chi connectivity index (χ4v) is 1.97. The third kappa shape index (κ3) is 3.47. The second-order valence-electron chi connectivity index (χ2n) is 2.98. The summed E-state index contributed by atoms with van der Waals surface area (Å²) < 4.78 is 6.47. The SMILES string of the molecule is COC(=O)/C=C/c1cc(Br)c(C)cc1Br. The molecule has 0 fully saturated rings. The van der Waals surface area contributed by atoms with Crippen LogP contribution >= 0.6 is 31.9 Å². The molecular formula is C11H10Br2O2. The van der Waals surface area contributed by atoms with E-state index in [2.05, 4.69) is 36.6 Å². The van der Waals surface area contributed by atoms with Crippen molar-refractivity contribution in [1.29, 1.82) is 0 Å². The maximum atomic E-state index is 10.9. The van der Waals surface area contributed by atoms with Crippen LogP contribution < -0.4 is 0 Å². The minimum absolute atomic E-state index is 0.362. The number of benzene rings is 1. The summed E-state index contributed by atoms with van der Waals surface area (Å²) in [5, 5.41) is 0. The van der Waals surface area contributed by atoms with Crippen molar-refractivity contribution in [3.63, 3.8) is 0 Å². The molecule has 2 nitrogen and oxygen atoms in total. The van der Waals surface area contributed by atoms with Crippen LogP contribution in [-0.2, 0) is 9.53 Å². The average molecular weight is 334 g/mol. The summed E-state index contributed by atoms with van der Waals surface area (Å²) in [5.41, 5.74) is 2.06. The minimum Gasteiger partial charge on any atom is -0.466 e. The lowest BCUT2D eigenvalue weighted by Crippen LogP contribution is -1.93. The molecule has 0 aliphatic carbocycles. The lowest BCUT2D eigenvalue weighted by Gasteiger charge is -2.03. The van der Waals surface area contributed by atoms with E-state index in [0.717, 1.165) is 20.1 Å². The van der Waals surface area contributed by atoms with E-state index in [1.807, 2.05) is 19.1 Å². The number of ether oxygens (including phenoxy) is 1. The molecule has 0 unspecified atom stereocenters. The summed E-state index contributed by atoms with van der Waals surface area (Å²) in [5.74, 6) is -0.362. The molecule has 15 heavy (non-hydrogen) atoms. The Morgan fingerprint density at radius 2 is 2.00 bits per heavy atom. The van der Waals surface area contributed by atoms with Gasteiger partial charge < -0.3 is 4.74 Å². The highest BCUT2D eigenvalue weighted by Crippen LogP contribution is 2.26. The minimum atomic E-state index is -0.362. The van der Waals surface area contributed by atoms with E-state index in [9.17, 15) is 4.79 Å². The topological polar surface area (TPSA) is 26.3 Å². The van der Waals surface area contributed by atoms with Gasteiger partial charge in [0.2, 0.25) is 0 Å². The number of methoxy groups -OCH3 is 1. The van der Waals surface area contributed by atoms with Crippen LogP contribution in [0.1, 0.15) is 11.1 Å². The second kappa shape index (κ2) is 5.47. The second-order valence-corrected chi connectivity index (χ2v) is 4.69. The van der Waals surface area contributed by atoms with Gasteiger partial charge in [0.25, 0.3) is 0 Å². The van der Waals surface area contributed by atoms with Crippen molar-refractivity contribution >= 4 is 43.9 Å². The van der Waals surface area contributed by atoms with Crippen molar-refractivity contribution in [3.05, 3.63) is 38.3 Å². The van der Waals surface area contributed by atoms with E-state index in [1.54, 1.807) is 6.08 Å². The van der Waals surface area contributed by atoms with Crippen LogP contribution in [0.4, 0.5) is 0 Å². The predicted molar refractivity (Wildman–Crippen MR) is 67.6 cm³/mol. The van der Waals surface area contributed by atoms with E-state index < -0.39 is 0 Å². The molecule has 0 N–H and O–H groups in total. The first-order valence-electron chi connectivity index (χ1n) is 4.26. The van der Waals surface area contributed by atoms with Crippen molar-refractivity contribution in [2.75, 3.05) is 7.11 Å². The third-order valence-electron chi connectivity index (χ3n) is 1.88. The fourth-order valence-electron chi connectivity index (χ4n) is 1.02. The molecule has 0 amide bonds. The number of hydrogen-bond donors (Lipinski definition) is 0. The lowest BCUT2D eigenvalue weighted by atomic mass is 10.1. The van der Waals surface area contributed by atoms with Gasteiger partial charge in [0, 0.05) is 15.0 Å². The largest absolute Gasteiger partial charge is 0.466 e. The maximum absolute atomic E-state index is 10.9. The number of carbonyl (C=O) groups excluding carboxylic acids is 1. The van der Waals surface area contributed by atoms with E-state index >= 15 is 0 Å². The first-order valence-corrected chi connectivity index (χ1v) is 5.85. The van der Waals surface area contributed by atoms with Crippen LogP contribution in [0, 0.1) is 6.92 Å². The molecule has 0 aliphatic rings. The lowest BCUT2D eigenvalue weighted by molar-refractivity contribution is -0.134. The van der Waals surface area contributed by atoms with Crippen molar-refractivity contribution in [1.82, 2.24) is 0 Å². The highest BCUT2D eigenvalue weighted by Gasteiger charge is 2.01. The van der Waals surface area contributed by atoms with Gasteiger partial charge in [0.15, 0.2) is 0 Å². The first-order chi connectivity index (χ1) is 7.04. The van der Waals surface area contributed by atoms with E-state index in [-0.39, 0.29) is 5.97 Å². The van der Waals surface area contributed by atoms with Gasteiger partial charge >= 0.3 is 5.97 Å². The zero-order valence-electron chi connectivity index (χ0n) is 8.38. The summed E-state index contributed by atoms with van der Waals surface area (Å²) in [7, 11) is 1.35. The molecule has 1 aromatic rings. The maximum Gasteiger partial charge on any atom is 0.330 e.